The van der Waals surface area contributed by atoms with Crippen LogP contribution in [0.4, 0.5) is 0 Å². The van der Waals surface area contributed by atoms with E-state index in [0.29, 0.717) is 12.0 Å². The number of rotatable bonds is 10. The van der Waals surface area contributed by atoms with Crippen molar-refractivity contribution >= 4 is 25.4 Å². The molecule has 0 N–H and O–H groups in total. The average Bonchev–Trinajstić information content (AvgIpc) is 2.64. The molecular formula is C22H32O3Si. The van der Waals surface area contributed by atoms with Crippen LogP contribution in [0.5, 0.6) is 0 Å². The quantitative estimate of drug-likeness (QED) is 0.229. The Morgan fingerprint density at radius 1 is 0.808 bits per heavy atom. The van der Waals surface area contributed by atoms with Crippen molar-refractivity contribution in [2.75, 3.05) is 0 Å². The highest BCUT2D eigenvalue weighted by molar-refractivity contribution is 6.77. The van der Waals surface area contributed by atoms with Crippen molar-refractivity contribution in [3.8, 4) is 0 Å². The minimum atomic E-state index is -0.933. The summed E-state index contributed by atoms with van der Waals surface area (Å²) < 4.78 is 0. The van der Waals surface area contributed by atoms with Crippen LogP contribution in [-0.4, -0.2) is 25.4 Å². The minimum Gasteiger partial charge on any atom is -0.293 e. The van der Waals surface area contributed by atoms with Crippen LogP contribution in [0.3, 0.4) is 0 Å². The van der Waals surface area contributed by atoms with Crippen LogP contribution in [0.15, 0.2) is 24.3 Å². The predicted molar refractivity (Wildman–Crippen MR) is 109 cm³/mol. The van der Waals surface area contributed by atoms with Crippen molar-refractivity contribution < 1.29 is 14.4 Å². The fraction of sp³-hybridized carbons (Fsp3) is 0.591. The van der Waals surface area contributed by atoms with Gasteiger partial charge in [0.25, 0.3) is 0 Å². The molecule has 3 nitrogen and oxygen atoms in total. The molecule has 1 aliphatic carbocycles. The minimum absolute atomic E-state index is 0.169. The molecular weight excluding hydrogens is 340 g/mol. The van der Waals surface area contributed by atoms with Gasteiger partial charge in [0, 0.05) is 19.2 Å². The molecule has 0 bridgehead atoms. The number of carbonyl (C=O) groups excluding carboxylic acids is 3. The van der Waals surface area contributed by atoms with Gasteiger partial charge in [0.2, 0.25) is 11.6 Å². The van der Waals surface area contributed by atoms with E-state index in [1.165, 1.54) is 31.4 Å². The van der Waals surface area contributed by atoms with Gasteiger partial charge in [0.1, 0.15) is 0 Å². The normalized spacial score (nSPS) is 17.5. The van der Waals surface area contributed by atoms with Gasteiger partial charge in [0.05, 0.1) is 5.92 Å². The van der Waals surface area contributed by atoms with Gasteiger partial charge >= 0.3 is 0 Å². The van der Waals surface area contributed by atoms with Crippen molar-refractivity contribution in [3.63, 3.8) is 0 Å². The van der Waals surface area contributed by atoms with Gasteiger partial charge in [-0.1, -0.05) is 94.9 Å². The number of Topliss-reactive ketones (excluding diaryl/α,β-unsaturated/α-hetero) is 3. The van der Waals surface area contributed by atoms with E-state index in [1.54, 1.807) is 24.3 Å². The summed E-state index contributed by atoms with van der Waals surface area (Å²) in [6.07, 6.45) is 7.36. The van der Waals surface area contributed by atoms with E-state index in [4.69, 9.17) is 0 Å². The molecule has 1 aromatic rings. The third-order valence-corrected chi connectivity index (χ3v) is 9.47. The van der Waals surface area contributed by atoms with Gasteiger partial charge in [0.15, 0.2) is 5.78 Å². The fourth-order valence-electron chi connectivity index (χ4n) is 3.59. The van der Waals surface area contributed by atoms with Gasteiger partial charge in [-0.25, -0.2) is 0 Å². The maximum absolute atomic E-state index is 12.5. The van der Waals surface area contributed by atoms with Crippen molar-refractivity contribution in [2.45, 2.75) is 77.1 Å². The number of carbonyl (C=O) groups is 3. The fourth-order valence-corrected chi connectivity index (χ4v) is 5.15. The van der Waals surface area contributed by atoms with Crippen LogP contribution in [0.25, 0.3) is 0 Å². The Morgan fingerprint density at radius 2 is 1.38 bits per heavy atom. The van der Waals surface area contributed by atoms with Gasteiger partial charge in [-0.2, -0.15) is 0 Å². The van der Waals surface area contributed by atoms with Gasteiger partial charge in [-0.3, -0.25) is 14.4 Å². The molecule has 0 amide bonds. The number of hydrogen-bond donors (Lipinski definition) is 0. The molecule has 1 aliphatic rings. The summed E-state index contributed by atoms with van der Waals surface area (Å²) in [6.45, 7) is 7.23. The number of hydrogen-bond acceptors (Lipinski definition) is 3. The molecule has 0 aromatic heterocycles. The van der Waals surface area contributed by atoms with Crippen molar-refractivity contribution in [3.05, 3.63) is 35.4 Å². The van der Waals surface area contributed by atoms with E-state index in [2.05, 4.69) is 20.0 Å². The van der Waals surface area contributed by atoms with Crippen LogP contribution in [0.2, 0.25) is 25.2 Å². The summed E-state index contributed by atoms with van der Waals surface area (Å²) in [5.74, 6) is -1.93. The number of fused-ring (bicyclic) bond motifs is 1. The Hall–Kier alpha value is -1.55. The molecule has 1 atom stereocenters. The lowest BCUT2D eigenvalue weighted by Crippen LogP contribution is -2.36. The summed E-state index contributed by atoms with van der Waals surface area (Å²) in [5.41, 5.74) is 0.696. The zero-order chi connectivity index (χ0) is 19.2. The van der Waals surface area contributed by atoms with Crippen molar-refractivity contribution in [1.29, 1.82) is 0 Å². The third-order valence-electron chi connectivity index (χ3n) is 5.85. The number of benzene rings is 1. The Labute approximate surface area is 158 Å². The summed E-state index contributed by atoms with van der Waals surface area (Å²) >= 11 is 0. The average molecular weight is 373 g/mol. The summed E-state index contributed by atoms with van der Waals surface area (Å²) in [4.78, 5) is 37.0. The molecule has 0 heterocycles. The lowest BCUT2D eigenvalue weighted by molar-refractivity contribution is -0.117. The Morgan fingerprint density at radius 3 is 2.04 bits per heavy atom. The molecule has 4 heteroatoms. The molecule has 0 fully saturated rings. The first kappa shape index (κ1) is 20.8. The molecule has 1 unspecified atom stereocenters. The van der Waals surface area contributed by atoms with E-state index >= 15 is 0 Å². The topological polar surface area (TPSA) is 51.2 Å². The molecule has 0 spiro atoms. The molecule has 2 rings (SSSR count). The van der Waals surface area contributed by atoms with E-state index in [0.717, 1.165) is 19.3 Å². The maximum Gasteiger partial charge on any atom is 0.230 e. The van der Waals surface area contributed by atoms with Gasteiger partial charge < -0.3 is 0 Å². The largest absolute Gasteiger partial charge is 0.293 e. The predicted octanol–water partition coefficient (Wildman–Crippen LogP) is 5.71. The Bertz CT molecular complexity index is 663. The molecule has 0 saturated heterocycles. The summed E-state index contributed by atoms with van der Waals surface area (Å²) in [7, 11) is -0.933. The first-order valence-corrected chi connectivity index (χ1v) is 13.5. The van der Waals surface area contributed by atoms with Crippen LogP contribution in [0, 0.1) is 5.92 Å². The second kappa shape index (κ2) is 9.40. The standard InChI is InChI=1S/C22H32O3Si/c1-4-26(2,3)16-12-8-6-5-7-9-15-19-20(23)17-13-10-11-14-18(17)21(24)22(19)25/h10-11,13-14,19H,4-9,12,15-16H2,1-3H3. The molecule has 1 aromatic carbocycles. The first-order valence-electron chi connectivity index (χ1n) is 10.1. The van der Waals surface area contributed by atoms with E-state index in [9.17, 15) is 14.4 Å². The summed E-state index contributed by atoms with van der Waals surface area (Å²) in [6, 6.07) is 9.46. The van der Waals surface area contributed by atoms with Gasteiger partial charge in [-0.15, -0.1) is 0 Å². The Kier molecular flexibility index (Phi) is 7.51. The number of unbranched alkanes of at least 4 members (excludes halogenated alkanes) is 5. The third kappa shape index (κ3) is 5.23. The lowest BCUT2D eigenvalue weighted by Gasteiger charge is -2.21. The second-order valence-electron chi connectivity index (χ2n) is 8.33. The van der Waals surface area contributed by atoms with Crippen LogP contribution >= 0.6 is 0 Å². The van der Waals surface area contributed by atoms with Crippen LogP contribution in [0.1, 0.15) is 72.6 Å². The van der Waals surface area contributed by atoms with Crippen LogP contribution in [-0.2, 0) is 4.79 Å². The van der Waals surface area contributed by atoms with Crippen LogP contribution < -0.4 is 0 Å². The zero-order valence-electron chi connectivity index (χ0n) is 16.5. The smallest absolute Gasteiger partial charge is 0.230 e. The maximum atomic E-state index is 12.5. The SMILES string of the molecule is CC[Si](C)(C)CCCCCCCCC1C(=O)C(=O)c2ccccc2C1=O. The van der Waals surface area contributed by atoms with Crippen molar-refractivity contribution in [1.82, 2.24) is 0 Å². The Balaban J connectivity index is 1.71. The lowest BCUT2D eigenvalue weighted by atomic mass is 9.78. The molecule has 26 heavy (non-hydrogen) atoms. The van der Waals surface area contributed by atoms with Crippen molar-refractivity contribution in [2.24, 2.45) is 5.92 Å². The van der Waals surface area contributed by atoms with E-state index in [-0.39, 0.29) is 11.3 Å². The van der Waals surface area contributed by atoms with E-state index in [1.807, 2.05) is 0 Å². The zero-order valence-corrected chi connectivity index (χ0v) is 17.5. The second-order valence-corrected chi connectivity index (χ2v) is 13.9. The molecule has 0 radical (unpaired) electrons. The highest BCUT2D eigenvalue weighted by atomic mass is 28.3. The van der Waals surface area contributed by atoms with Gasteiger partial charge in [-0.05, 0) is 6.42 Å². The first-order chi connectivity index (χ1) is 12.4. The summed E-state index contributed by atoms with van der Waals surface area (Å²) in [5, 5.41) is 0. The molecule has 0 saturated carbocycles. The monoisotopic (exact) mass is 372 g/mol. The number of ketones is 3. The highest BCUT2D eigenvalue weighted by Crippen LogP contribution is 2.27. The van der Waals surface area contributed by atoms with E-state index < -0.39 is 25.6 Å². The molecule has 0 aliphatic heterocycles. The molecule has 142 valence electrons. The highest BCUT2D eigenvalue weighted by Gasteiger charge is 2.39.